The van der Waals surface area contributed by atoms with Gasteiger partial charge in [-0.05, 0) is 47.4 Å². The summed E-state index contributed by atoms with van der Waals surface area (Å²) < 4.78 is 1.13. The molecule has 0 amide bonds. The number of carboxylic acids is 1. The molecule has 1 aromatic rings. The minimum absolute atomic E-state index is 0.183. The van der Waals surface area contributed by atoms with Crippen molar-refractivity contribution in [3.05, 3.63) is 20.8 Å². The van der Waals surface area contributed by atoms with Gasteiger partial charge in [0.2, 0.25) is 0 Å². The van der Waals surface area contributed by atoms with Crippen molar-refractivity contribution >= 4 is 33.2 Å². The molecule has 0 aromatic carbocycles. The van der Waals surface area contributed by atoms with Gasteiger partial charge in [0, 0.05) is 18.0 Å². The summed E-state index contributed by atoms with van der Waals surface area (Å²) in [6.45, 7) is 2.57. The molecule has 1 unspecified atom stereocenters. The van der Waals surface area contributed by atoms with Gasteiger partial charge in [0.1, 0.15) is 0 Å². The maximum absolute atomic E-state index is 10.9. The van der Waals surface area contributed by atoms with Gasteiger partial charge < -0.3 is 5.11 Å². The zero-order chi connectivity index (χ0) is 11.5. The smallest absolute Gasteiger partial charge is 0.307 e. The minimum atomic E-state index is -0.655. The van der Waals surface area contributed by atoms with E-state index >= 15 is 0 Å². The lowest BCUT2D eigenvalue weighted by Gasteiger charge is -2.30. The topological polar surface area (TPSA) is 40.5 Å². The Morgan fingerprint density at radius 1 is 1.62 bits per heavy atom. The zero-order valence-corrected chi connectivity index (χ0v) is 11.3. The van der Waals surface area contributed by atoms with Crippen LogP contribution in [0, 0.1) is 5.92 Å². The average molecular weight is 304 g/mol. The van der Waals surface area contributed by atoms with Crippen LogP contribution < -0.4 is 0 Å². The molecule has 1 aliphatic heterocycles. The Labute approximate surface area is 107 Å². The molecular formula is C11H14BrNO2S. The van der Waals surface area contributed by atoms with Gasteiger partial charge in [-0.15, -0.1) is 11.3 Å². The maximum atomic E-state index is 10.9. The number of hydrogen-bond donors (Lipinski definition) is 1. The summed E-state index contributed by atoms with van der Waals surface area (Å²) >= 11 is 5.16. The summed E-state index contributed by atoms with van der Waals surface area (Å²) in [7, 11) is 0. The lowest BCUT2D eigenvalue weighted by atomic mass is 9.98. The summed E-state index contributed by atoms with van der Waals surface area (Å²) in [5.74, 6) is -0.839. The molecule has 2 rings (SSSR count). The van der Waals surface area contributed by atoms with Gasteiger partial charge in [-0.25, -0.2) is 0 Å². The molecule has 0 aliphatic carbocycles. The van der Waals surface area contributed by atoms with Crippen molar-refractivity contribution in [2.45, 2.75) is 19.4 Å². The van der Waals surface area contributed by atoms with E-state index in [-0.39, 0.29) is 5.92 Å². The highest BCUT2D eigenvalue weighted by Crippen LogP contribution is 2.25. The highest BCUT2D eigenvalue weighted by molar-refractivity contribution is 9.11. The first-order valence-corrected chi connectivity index (χ1v) is 6.95. The number of aliphatic carboxylic acids is 1. The van der Waals surface area contributed by atoms with Gasteiger partial charge in [-0.2, -0.15) is 0 Å². The zero-order valence-electron chi connectivity index (χ0n) is 8.86. The molecule has 16 heavy (non-hydrogen) atoms. The number of carboxylic acid groups (broad SMARTS) is 1. The normalized spacial score (nSPS) is 22.2. The van der Waals surface area contributed by atoms with E-state index in [1.54, 1.807) is 11.3 Å². The van der Waals surface area contributed by atoms with Crippen molar-refractivity contribution in [3.8, 4) is 0 Å². The molecule has 3 nitrogen and oxygen atoms in total. The highest BCUT2D eigenvalue weighted by Gasteiger charge is 2.25. The Balaban J connectivity index is 1.92. The molecule has 88 valence electrons. The van der Waals surface area contributed by atoms with Gasteiger partial charge in [0.15, 0.2) is 0 Å². The van der Waals surface area contributed by atoms with Crippen LogP contribution in [-0.4, -0.2) is 29.1 Å². The van der Waals surface area contributed by atoms with Crippen molar-refractivity contribution in [1.29, 1.82) is 0 Å². The van der Waals surface area contributed by atoms with Gasteiger partial charge in [-0.1, -0.05) is 0 Å². The quantitative estimate of drug-likeness (QED) is 0.933. The Morgan fingerprint density at radius 2 is 2.44 bits per heavy atom. The van der Waals surface area contributed by atoms with Crippen LogP contribution in [0.4, 0.5) is 0 Å². The van der Waals surface area contributed by atoms with Crippen LogP contribution in [0.25, 0.3) is 0 Å². The van der Waals surface area contributed by atoms with E-state index in [0.717, 1.165) is 29.7 Å². The Bertz CT molecular complexity index is 380. The fraction of sp³-hybridized carbons (Fsp3) is 0.545. The molecule has 2 heterocycles. The van der Waals surface area contributed by atoms with Crippen LogP contribution in [-0.2, 0) is 11.3 Å². The number of carbonyl (C=O) groups is 1. The SMILES string of the molecule is O=C(O)C1CCCN(Cc2ccc(Br)s2)C1. The van der Waals surface area contributed by atoms with Gasteiger partial charge >= 0.3 is 5.97 Å². The largest absolute Gasteiger partial charge is 0.481 e. The molecular weight excluding hydrogens is 290 g/mol. The number of hydrogen-bond acceptors (Lipinski definition) is 3. The number of nitrogens with zero attached hydrogens (tertiary/aromatic N) is 1. The molecule has 1 saturated heterocycles. The van der Waals surface area contributed by atoms with E-state index in [9.17, 15) is 4.79 Å². The molecule has 1 fully saturated rings. The van der Waals surface area contributed by atoms with Crippen LogP contribution in [0.15, 0.2) is 15.9 Å². The minimum Gasteiger partial charge on any atom is -0.481 e. The first-order chi connectivity index (χ1) is 7.65. The molecule has 0 bridgehead atoms. The van der Waals surface area contributed by atoms with Crippen molar-refractivity contribution in [2.24, 2.45) is 5.92 Å². The Hall–Kier alpha value is -0.390. The van der Waals surface area contributed by atoms with Crippen molar-refractivity contribution < 1.29 is 9.90 Å². The second kappa shape index (κ2) is 5.29. The number of piperidine rings is 1. The van der Waals surface area contributed by atoms with E-state index < -0.39 is 5.97 Å². The lowest BCUT2D eigenvalue weighted by molar-refractivity contribution is -0.143. The van der Waals surface area contributed by atoms with Gasteiger partial charge in [-0.3, -0.25) is 9.69 Å². The predicted molar refractivity (Wildman–Crippen MR) is 67.7 cm³/mol. The number of rotatable bonds is 3. The molecule has 1 atom stereocenters. The van der Waals surface area contributed by atoms with Gasteiger partial charge in [0.25, 0.3) is 0 Å². The second-order valence-electron chi connectivity index (χ2n) is 4.12. The number of thiophene rings is 1. The summed E-state index contributed by atoms with van der Waals surface area (Å²) in [6.07, 6.45) is 1.81. The molecule has 0 radical (unpaired) electrons. The first kappa shape index (κ1) is 12.1. The predicted octanol–water partition coefficient (Wildman–Crippen LogP) is 2.81. The first-order valence-electron chi connectivity index (χ1n) is 5.34. The maximum Gasteiger partial charge on any atom is 0.307 e. The fourth-order valence-electron chi connectivity index (χ4n) is 2.06. The van der Waals surface area contributed by atoms with Gasteiger partial charge in [0.05, 0.1) is 9.70 Å². The molecule has 0 spiro atoms. The summed E-state index contributed by atoms with van der Waals surface area (Å²) in [4.78, 5) is 14.5. The Kier molecular flexibility index (Phi) is 4.00. The molecule has 1 aliphatic rings. The van der Waals surface area contributed by atoms with Crippen molar-refractivity contribution in [1.82, 2.24) is 4.90 Å². The van der Waals surface area contributed by atoms with Crippen molar-refractivity contribution in [2.75, 3.05) is 13.1 Å². The van der Waals surface area contributed by atoms with Crippen LogP contribution in [0.2, 0.25) is 0 Å². The summed E-state index contributed by atoms with van der Waals surface area (Å²) in [5, 5.41) is 8.99. The van der Waals surface area contributed by atoms with Crippen LogP contribution in [0.3, 0.4) is 0 Å². The summed E-state index contributed by atoms with van der Waals surface area (Å²) in [6, 6.07) is 4.14. The highest BCUT2D eigenvalue weighted by atomic mass is 79.9. The third-order valence-corrected chi connectivity index (χ3v) is 4.47. The monoisotopic (exact) mass is 303 g/mol. The standard InChI is InChI=1S/C11H14BrNO2S/c12-10-4-3-9(16-10)7-13-5-1-2-8(6-13)11(14)15/h3-4,8H,1-2,5-7H2,(H,14,15). The third-order valence-electron chi connectivity index (χ3n) is 2.86. The van der Waals surface area contributed by atoms with E-state index in [4.69, 9.17) is 5.11 Å². The van der Waals surface area contributed by atoms with E-state index in [1.807, 2.05) is 6.07 Å². The number of halogens is 1. The van der Waals surface area contributed by atoms with Crippen LogP contribution >= 0.6 is 27.3 Å². The lowest BCUT2D eigenvalue weighted by Crippen LogP contribution is -2.37. The summed E-state index contributed by atoms with van der Waals surface area (Å²) in [5.41, 5.74) is 0. The third kappa shape index (κ3) is 3.06. The second-order valence-corrected chi connectivity index (χ2v) is 6.67. The molecule has 1 aromatic heterocycles. The van der Waals surface area contributed by atoms with E-state index in [2.05, 4.69) is 26.9 Å². The van der Waals surface area contributed by atoms with Crippen LogP contribution in [0.5, 0.6) is 0 Å². The molecule has 1 N–H and O–H groups in total. The van der Waals surface area contributed by atoms with E-state index in [1.165, 1.54) is 4.88 Å². The molecule has 5 heteroatoms. The molecule has 0 saturated carbocycles. The Morgan fingerprint density at radius 3 is 3.06 bits per heavy atom. The van der Waals surface area contributed by atoms with Crippen molar-refractivity contribution in [3.63, 3.8) is 0 Å². The average Bonchev–Trinajstić information content (AvgIpc) is 2.64. The van der Waals surface area contributed by atoms with Crippen LogP contribution in [0.1, 0.15) is 17.7 Å². The number of likely N-dealkylation sites (tertiary alicyclic amines) is 1. The fourth-order valence-corrected chi connectivity index (χ4v) is 3.58. The van der Waals surface area contributed by atoms with E-state index in [0.29, 0.717) is 6.54 Å².